The second-order valence-corrected chi connectivity index (χ2v) is 6.77. The summed E-state index contributed by atoms with van der Waals surface area (Å²) >= 11 is 0. The van der Waals surface area contributed by atoms with Gasteiger partial charge in [0.15, 0.2) is 0 Å². The Morgan fingerprint density at radius 1 is 1.05 bits per heavy atom. The molecule has 0 aromatic heterocycles. The fourth-order valence-corrected chi connectivity index (χ4v) is 2.94. The van der Waals surface area contributed by atoms with Gasteiger partial charge in [0.2, 0.25) is 0 Å². The number of hydroxylamine groups is 2. The third kappa shape index (κ3) is 3.46. The monoisotopic (exact) mass is 288 g/mol. The van der Waals surface area contributed by atoms with E-state index in [-0.39, 0.29) is 11.5 Å². The quantitative estimate of drug-likeness (QED) is 0.873. The molecule has 0 spiro atoms. The molecule has 113 valence electrons. The van der Waals surface area contributed by atoms with E-state index in [0.717, 1.165) is 10.6 Å². The van der Waals surface area contributed by atoms with Crippen molar-refractivity contribution < 1.29 is 15.4 Å². The summed E-state index contributed by atoms with van der Waals surface area (Å²) in [5, 5.41) is 32.3. The number of nitrogens with zero attached hydrogens (tertiary/aromatic N) is 1. The zero-order chi connectivity index (χ0) is 15.8. The van der Waals surface area contributed by atoms with E-state index in [1.807, 2.05) is 45.9 Å². The molecule has 1 aliphatic heterocycles. The minimum atomic E-state index is -0.553. The van der Waals surface area contributed by atoms with Gasteiger partial charge in [-0.25, -0.2) is 0 Å². The zero-order valence-corrected chi connectivity index (χ0v) is 12.9. The Hall–Kier alpha value is -1.78. The van der Waals surface area contributed by atoms with E-state index in [9.17, 15) is 15.4 Å². The van der Waals surface area contributed by atoms with Crippen LogP contribution in [0.15, 0.2) is 35.9 Å². The molecular formula is C17H22NO3. The molecule has 4 heteroatoms. The number of phenols is 2. The highest BCUT2D eigenvalue weighted by atomic mass is 16.5. The van der Waals surface area contributed by atoms with Gasteiger partial charge in [-0.2, -0.15) is 0 Å². The first kappa shape index (κ1) is 15.6. The first-order valence-electron chi connectivity index (χ1n) is 7.00. The summed E-state index contributed by atoms with van der Waals surface area (Å²) in [6.07, 6.45) is 6.38. The van der Waals surface area contributed by atoms with E-state index < -0.39 is 11.1 Å². The van der Waals surface area contributed by atoms with Crippen molar-refractivity contribution in [3.8, 4) is 11.5 Å². The first-order chi connectivity index (χ1) is 9.60. The van der Waals surface area contributed by atoms with E-state index in [1.165, 1.54) is 6.07 Å². The Morgan fingerprint density at radius 3 is 2.14 bits per heavy atom. The number of phenolic OH excluding ortho intramolecular Hbond substituents is 2. The Balaban J connectivity index is 2.28. The summed E-state index contributed by atoms with van der Waals surface area (Å²) in [5.41, 5.74) is 0.773. The van der Waals surface area contributed by atoms with Gasteiger partial charge in [0.1, 0.15) is 11.5 Å². The van der Waals surface area contributed by atoms with Gasteiger partial charge in [0, 0.05) is 11.6 Å². The molecule has 0 unspecified atom stereocenters. The predicted molar refractivity (Wildman–Crippen MR) is 82.2 cm³/mol. The topological polar surface area (TPSA) is 63.6 Å². The molecule has 1 radical (unpaired) electrons. The third-order valence-corrected chi connectivity index (χ3v) is 3.66. The molecule has 0 atom stereocenters. The molecule has 2 N–H and O–H groups in total. The van der Waals surface area contributed by atoms with E-state index in [4.69, 9.17) is 0 Å². The van der Waals surface area contributed by atoms with Crippen LogP contribution in [0.1, 0.15) is 39.7 Å². The molecule has 2 rings (SSSR count). The summed E-state index contributed by atoms with van der Waals surface area (Å²) < 4.78 is 0. The van der Waals surface area contributed by atoms with E-state index in [0.29, 0.717) is 12.0 Å². The molecule has 0 aliphatic carbocycles. The van der Waals surface area contributed by atoms with Crippen molar-refractivity contribution in [2.45, 2.75) is 45.2 Å². The lowest BCUT2D eigenvalue weighted by Crippen LogP contribution is -2.54. The number of rotatable bonds is 2. The number of hydrogen-bond acceptors (Lipinski definition) is 3. The van der Waals surface area contributed by atoms with Gasteiger partial charge < -0.3 is 10.2 Å². The SMILES string of the molecule is CC1(C)C=C(/C=C/c2cc(O)cc(O)c2)CC(C)(C)N1[O]. The van der Waals surface area contributed by atoms with Crippen LogP contribution in [0, 0.1) is 0 Å². The van der Waals surface area contributed by atoms with Gasteiger partial charge in [-0.15, -0.1) is 10.3 Å². The van der Waals surface area contributed by atoms with Crippen LogP contribution in [-0.2, 0) is 5.21 Å². The molecule has 1 aliphatic rings. The molecule has 0 saturated carbocycles. The highest BCUT2D eigenvalue weighted by Crippen LogP contribution is 2.36. The number of hydrogen-bond donors (Lipinski definition) is 2. The smallest absolute Gasteiger partial charge is 0.119 e. The Morgan fingerprint density at radius 2 is 1.62 bits per heavy atom. The Kier molecular flexibility index (Phi) is 3.87. The number of benzene rings is 1. The summed E-state index contributed by atoms with van der Waals surface area (Å²) in [6.45, 7) is 7.66. The van der Waals surface area contributed by atoms with Crippen molar-refractivity contribution in [2.24, 2.45) is 0 Å². The molecular weight excluding hydrogens is 266 g/mol. The Labute approximate surface area is 125 Å². The zero-order valence-electron chi connectivity index (χ0n) is 12.9. The highest BCUT2D eigenvalue weighted by molar-refractivity contribution is 5.57. The van der Waals surface area contributed by atoms with Crippen molar-refractivity contribution in [1.82, 2.24) is 5.06 Å². The number of allylic oxidation sites excluding steroid dienone is 1. The molecule has 21 heavy (non-hydrogen) atoms. The van der Waals surface area contributed by atoms with Gasteiger partial charge in [-0.1, -0.05) is 18.2 Å². The molecule has 1 heterocycles. The highest BCUT2D eigenvalue weighted by Gasteiger charge is 2.41. The van der Waals surface area contributed by atoms with E-state index in [1.54, 1.807) is 12.1 Å². The summed E-state index contributed by atoms with van der Waals surface area (Å²) in [5.74, 6) is 0.0531. The normalized spacial score (nSPS) is 21.5. The van der Waals surface area contributed by atoms with Gasteiger partial charge in [-0.05, 0) is 57.4 Å². The lowest BCUT2D eigenvalue weighted by atomic mass is 9.82. The van der Waals surface area contributed by atoms with Gasteiger partial charge in [0.05, 0.1) is 5.54 Å². The van der Waals surface area contributed by atoms with E-state index >= 15 is 0 Å². The van der Waals surface area contributed by atoms with Gasteiger partial charge in [0.25, 0.3) is 0 Å². The van der Waals surface area contributed by atoms with Crippen LogP contribution in [-0.4, -0.2) is 26.4 Å². The van der Waals surface area contributed by atoms with Crippen LogP contribution in [0.2, 0.25) is 0 Å². The second-order valence-electron chi connectivity index (χ2n) is 6.77. The van der Waals surface area contributed by atoms with Crippen molar-refractivity contribution in [3.63, 3.8) is 0 Å². The largest absolute Gasteiger partial charge is 0.508 e. The van der Waals surface area contributed by atoms with Crippen LogP contribution in [0.4, 0.5) is 0 Å². The standard InChI is InChI=1S/C17H22NO3/c1-16(2)10-13(11-17(3,4)18(16)21)6-5-12-7-14(19)9-15(20)8-12/h5-10,19-20H,11H2,1-4H3/b6-5+. The lowest BCUT2D eigenvalue weighted by molar-refractivity contribution is -0.262. The van der Waals surface area contributed by atoms with Crippen LogP contribution in [0.5, 0.6) is 11.5 Å². The van der Waals surface area contributed by atoms with Crippen molar-refractivity contribution in [1.29, 1.82) is 0 Å². The average Bonchev–Trinajstić information content (AvgIpc) is 2.31. The fourth-order valence-electron chi connectivity index (χ4n) is 2.94. The van der Waals surface area contributed by atoms with Crippen LogP contribution in [0.3, 0.4) is 0 Å². The first-order valence-corrected chi connectivity index (χ1v) is 7.00. The van der Waals surface area contributed by atoms with Crippen LogP contribution in [0.25, 0.3) is 6.08 Å². The second kappa shape index (κ2) is 5.20. The molecule has 0 bridgehead atoms. The van der Waals surface area contributed by atoms with Crippen molar-refractivity contribution in [3.05, 3.63) is 41.5 Å². The maximum atomic E-state index is 12.3. The number of aromatic hydroxyl groups is 2. The van der Waals surface area contributed by atoms with Gasteiger partial charge >= 0.3 is 0 Å². The van der Waals surface area contributed by atoms with Crippen LogP contribution < -0.4 is 0 Å². The van der Waals surface area contributed by atoms with Gasteiger partial charge in [-0.3, -0.25) is 0 Å². The molecule has 0 amide bonds. The van der Waals surface area contributed by atoms with Crippen LogP contribution >= 0.6 is 0 Å². The lowest BCUT2D eigenvalue weighted by Gasteiger charge is -2.45. The minimum Gasteiger partial charge on any atom is -0.508 e. The summed E-state index contributed by atoms with van der Waals surface area (Å²) in [4.78, 5) is 0. The van der Waals surface area contributed by atoms with E-state index in [2.05, 4.69) is 0 Å². The summed E-state index contributed by atoms with van der Waals surface area (Å²) in [6, 6.07) is 4.45. The minimum absolute atomic E-state index is 0.0265. The maximum absolute atomic E-state index is 12.3. The molecule has 0 saturated heterocycles. The maximum Gasteiger partial charge on any atom is 0.119 e. The molecule has 1 aromatic carbocycles. The molecule has 4 nitrogen and oxygen atoms in total. The Bertz CT molecular complexity index is 580. The van der Waals surface area contributed by atoms with Crippen molar-refractivity contribution >= 4 is 6.08 Å². The van der Waals surface area contributed by atoms with Crippen molar-refractivity contribution in [2.75, 3.05) is 0 Å². The summed E-state index contributed by atoms with van der Waals surface area (Å²) in [7, 11) is 0. The fraction of sp³-hybridized carbons (Fsp3) is 0.412. The predicted octanol–water partition coefficient (Wildman–Crippen LogP) is 3.65. The molecule has 0 fully saturated rings. The average molecular weight is 288 g/mol. The third-order valence-electron chi connectivity index (χ3n) is 3.66. The molecule has 1 aromatic rings.